The lowest BCUT2D eigenvalue weighted by atomic mass is 10.1. The number of amides is 4. The van der Waals surface area contributed by atoms with Crippen LogP contribution < -0.4 is 15.1 Å². The zero-order chi connectivity index (χ0) is 26.7. The van der Waals surface area contributed by atoms with Crippen molar-refractivity contribution in [3.8, 4) is 0 Å². The maximum Gasteiger partial charge on any atom is 0.318 e. The smallest absolute Gasteiger partial charge is 0.318 e. The van der Waals surface area contributed by atoms with Crippen molar-refractivity contribution in [2.75, 3.05) is 43.0 Å². The number of fused-ring (bicyclic) bond motifs is 1. The van der Waals surface area contributed by atoms with Gasteiger partial charge in [0.2, 0.25) is 5.91 Å². The number of para-hydroxylation sites is 1. The first-order valence-corrected chi connectivity index (χ1v) is 13.3. The molecule has 1 fully saturated rings. The molecule has 0 unspecified atom stereocenters. The van der Waals surface area contributed by atoms with Crippen molar-refractivity contribution in [3.63, 3.8) is 0 Å². The number of hydrogen-bond donors (Lipinski definition) is 1. The Kier molecular flexibility index (Phi) is 8.27. The predicted molar refractivity (Wildman–Crippen MR) is 147 cm³/mol. The van der Waals surface area contributed by atoms with Gasteiger partial charge in [0, 0.05) is 56.7 Å². The molecular formula is C28H36ClN5O3. The molecule has 37 heavy (non-hydrogen) atoms. The zero-order valence-corrected chi connectivity index (χ0v) is 22.8. The summed E-state index contributed by atoms with van der Waals surface area (Å²) in [4.78, 5) is 46.6. The molecule has 0 saturated carbocycles. The molecule has 0 aromatic heterocycles. The first kappa shape index (κ1) is 26.8. The van der Waals surface area contributed by atoms with Gasteiger partial charge in [-0.1, -0.05) is 29.8 Å². The molecule has 0 aliphatic carbocycles. The second-order valence-corrected chi connectivity index (χ2v) is 10.5. The van der Waals surface area contributed by atoms with Gasteiger partial charge in [-0.15, -0.1) is 0 Å². The van der Waals surface area contributed by atoms with Gasteiger partial charge in [0.15, 0.2) is 0 Å². The number of likely N-dealkylation sites (N-methyl/N-ethyl adjacent to an activating group) is 1. The number of anilines is 2. The molecule has 0 radical (unpaired) electrons. The van der Waals surface area contributed by atoms with E-state index in [2.05, 4.69) is 10.2 Å². The number of carbonyl (C=O) groups excluding carboxylic acids is 3. The second-order valence-electron chi connectivity index (χ2n) is 10.1. The summed E-state index contributed by atoms with van der Waals surface area (Å²) < 4.78 is 0. The van der Waals surface area contributed by atoms with Gasteiger partial charge in [0.05, 0.1) is 17.1 Å². The molecule has 1 atom stereocenters. The van der Waals surface area contributed by atoms with Gasteiger partial charge in [-0.2, -0.15) is 0 Å². The van der Waals surface area contributed by atoms with Crippen LogP contribution in [0.3, 0.4) is 0 Å². The van der Waals surface area contributed by atoms with Crippen molar-refractivity contribution in [3.05, 3.63) is 58.6 Å². The molecular weight excluding hydrogens is 490 g/mol. The zero-order valence-electron chi connectivity index (χ0n) is 22.0. The van der Waals surface area contributed by atoms with Crippen molar-refractivity contribution in [1.29, 1.82) is 0 Å². The standard InChI is InChI=1S/C28H36ClN5O3/c1-19(2)31(4)26(35)16-30-28(37)33-18-21-9-5-6-10-25(21)34(17-20(33)3)27(36)23-12-11-22(15-24(23)29)32-13-7-8-14-32/h5-6,9-12,15,19-20H,7-8,13-14,16-18H2,1-4H3,(H,30,37)/t20-/m1/s1. The molecule has 2 aliphatic heterocycles. The van der Waals surface area contributed by atoms with Crippen molar-refractivity contribution >= 4 is 40.8 Å². The number of urea groups is 1. The number of carbonyl (C=O) groups is 3. The lowest BCUT2D eigenvalue weighted by Gasteiger charge is -2.30. The molecule has 198 valence electrons. The summed E-state index contributed by atoms with van der Waals surface area (Å²) in [6, 6.07) is 12.7. The highest BCUT2D eigenvalue weighted by atomic mass is 35.5. The van der Waals surface area contributed by atoms with Crippen LogP contribution >= 0.6 is 11.6 Å². The molecule has 0 bridgehead atoms. The molecule has 8 nitrogen and oxygen atoms in total. The third-order valence-electron chi connectivity index (χ3n) is 7.32. The summed E-state index contributed by atoms with van der Waals surface area (Å²) in [5, 5.41) is 3.18. The van der Waals surface area contributed by atoms with Crippen molar-refractivity contribution in [2.24, 2.45) is 0 Å². The van der Waals surface area contributed by atoms with E-state index in [9.17, 15) is 14.4 Å². The molecule has 9 heteroatoms. The predicted octanol–water partition coefficient (Wildman–Crippen LogP) is 4.37. The maximum absolute atomic E-state index is 13.8. The van der Waals surface area contributed by atoms with E-state index in [0.29, 0.717) is 23.7 Å². The summed E-state index contributed by atoms with van der Waals surface area (Å²) in [7, 11) is 1.72. The van der Waals surface area contributed by atoms with E-state index in [0.717, 1.165) is 42.9 Å². The van der Waals surface area contributed by atoms with Crippen LogP contribution in [0.5, 0.6) is 0 Å². The number of nitrogens with zero attached hydrogens (tertiary/aromatic N) is 4. The van der Waals surface area contributed by atoms with Crippen molar-refractivity contribution in [1.82, 2.24) is 15.1 Å². The van der Waals surface area contributed by atoms with Crippen LogP contribution in [-0.4, -0.2) is 73.0 Å². The first-order valence-electron chi connectivity index (χ1n) is 12.9. The van der Waals surface area contributed by atoms with Crippen LogP contribution in [0, 0.1) is 0 Å². The largest absolute Gasteiger partial charge is 0.371 e. The summed E-state index contributed by atoms with van der Waals surface area (Å²) in [5.41, 5.74) is 3.08. The van der Waals surface area contributed by atoms with E-state index >= 15 is 0 Å². The summed E-state index contributed by atoms with van der Waals surface area (Å²) >= 11 is 6.64. The van der Waals surface area contributed by atoms with Crippen molar-refractivity contribution in [2.45, 2.75) is 52.2 Å². The molecule has 2 aromatic rings. The Morgan fingerprint density at radius 1 is 1.11 bits per heavy atom. The molecule has 2 heterocycles. The molecule has 2 aliphatic rings. The Bertz CT molecular complexity index is 1160. The fourth-order valence-electron chi connectivity index (χ4n) is 4.83. The van der Waals surface area contributed by atoms with Crippen LogP contribution in [0.25, 0.3) is 0 Å². The molecule has 4 amide bonds. The molecule has 1 N–H and O–H groups in total. The summed E-state index contributed by atoms with van der Waals surface area (Å²) in [6.07, 6.45) is 2.32. The van der Waals surface area contributed by atoms with Gasteiger partial charge < -0.3 is 24.9 Å². The van der Waals surface area contributed by atoms with E-state index in [1.807, 2.05) is 57.2 Å². The Hall–Kier alpha value is -3.26. The van der Waals surface area contributed by atoms with Crippen LogP contribution in [0.15, 0.2) is 42.5 Å². The van der Waals surface area contributed by atoms with E-state index in [1.54, 1.807) is 27.8 Å². The molecule has 0 spiro atoms. The third kappa shape index (κ3) is 5.85. The fourth-order valence-corrected chi connectivity index (χ4v) is 5.09. The van der Waals surface area contributed by atoms with Gasteiger partial charge in [0.1, 0.15) is 0 Å². The van der Waals surface area contributed by atoms with Gasteiger partial charge in [0.25, 0.3) is 5.91 Å². The molecule has 1 saturated heterocycles. The first-order chi connectivity index (χ1) is 17.7. The number of nitrogens with one attached hydrogen (secondary N) is 1. The maximum atomic E-state index is 13.8. The molecule has 2 aromatic carbocycles. The Balaban J connectivity index is 1.54. The van der Waals surface area contributed by atoms with Gasteiger partial charge in [-0.25, -0.2) is 4.79 Å². The van der Waals surface area contributed by atoms with Crippen LogP contribution in [-0.2, 0) is 11.3 Å². The molecule has 4 rings (SSSR count). The van der Waals surface area contributed by atoms with E-state index in [-0.39, 0.29) is 36.5 Å². The van der Waals surface area contributed by atoms with Crippen LogP contribution in [0.2, 0.25) is 5.02 Å². The number of halogens is 1. The fraction of sp³-hybridized carbons (Fsp3) is 0.464. The van der Waals surface area contributed by atoms with Gasteiger partial charge in [-0.3, -0.25) is 9.59 Å². The average molecular weight is 526 g/mol. The van der Waals surface area contributed by atoms with Crippen molar-refractivity contribution < 1.29 is 14.4 Å². The monoisotopic (exact) mass is 525 g/mol. The third-order valence-corrected chi connectivity index (χ3v) is 7.63. The van der Waals surface area contributed by atoms with E-state index in [4.69, 9.17) is 11.6 Å². The topological polar surface area (TPSA) is 76.2 Å². The Labute approximate surface area is 224 Å². The number of hydrogen-bond acceptors (Lipinski definition) is 4. The Morgan fingerprint density at radius 3 is 2.49 bits per heavy atom. The highest BCUT2D eigenvalue weighted by molar-refractivity contribution is 6.35. The minimum absolute atomic E-state index is 0.0456. The summed E-state index contributed by atoms with van der Waals surface area (Å²) in [5.74, 6) is -0.358. The van der Waals surface area contributed by atoms with Gasteiger partial charge >= 0.3 is 6.03 Å². The second kappa shape index (κ2) is 11.4. The SMILES string of the molecule is CC(C)N(C)C(=O)CNC(=O)N1Cc2ccccc2N(C(=O)c2ccc(N3CCCC3)cc2Cl)C[C@H]1C. The quantitative estimate of drug-likeness (QED) is 0.629. The lowest BCUT2D eigenvalue weighted by molar-refractivity contribution is -0.130. The van der Waals surface area contributed by atoms with E-state index in [1.165, 1.54) is 0 Å². The van der Waals surface area contributed by atoms with Crippen LogP contribution in [0.4, 0.5) is 16.2 Å². The minimum Gasteiger partial charge on any atom is -0.371 e. The minimum atomic E-state index is -0.338. The normalized spacial score (nSPS) is 17.5. The Morgan fingerprint density at radius 2 is 1.81 bits per heavy atom. The van der Waals surface area contributed by atoms with Crippen LogP contribution in [0.1, 0.15) is 49.5 Å². The van der Waals surface area contributed by atoms with E-state index < -0.39 is 0 Å². The number of benzene rings is 2. The highest BCUT2D eigenvalue weighted by Gasteiger charge is 2.32. The average Bonchev–Trinajstić information content (AvgIpc) is 3.38. The highest BCUT2D eigenvalue weighted by Crippen LogP contribution is 2.32. The summed E-state index contributed by atoms with van der Waals surface area (Å²) in [6.45, 7) is 8.29. The number of rotatable bonds is 5. The lowest BCUT2D eigenvalue weighted by Crippen LogP contribution is -2.50. The van der Waals surface area contributed by atoms with Gasteiger partial charge in [-0.05, 0) is 63.4 Å².